The summed E-state index contributed by atoms with van der Waals surface area (Å²) >= 11 is 1.76. The van der Waals surface area contributed by atoms with Crippen LogP contribution in [0.15, 0.2) is 40.1 Å². The molecule has 0 spiro atoms. The number of thiophene rings is 1. The minimum Gasteiger partial charge on any atom is -0.451 e. The highest BCUT2D eigenvalue weighted by Gasteiger charge is 2.25. The first kappa shape index (κ1) is 18.3. The van der Waals surface area contributed by atoms with Crippen molar-refractivity contribution < 1.29 is 9.21 Å². The number of benzene rings is 1. The molecule has 0 bridgehead atoms. The number of fused-ring (bicyclic) bond motifs is 1. The van der Waals surface area contributed by atoms with Gasteiger partial charge in [0.1, 0.15) is 5.58 Å². The van der Waals surface area contributed by atoms with Crippen molar-refractivity contribution in [3.8, 4) is 0 Å². The fraction of sp³-hybridized carbons (Fsp3) is 0.409. The molecular weight excluding hydrogens is 356 g/mol. The number of nitrogens with zero attached hydrogens (tertiary/aromatic N) is 1. The Morgan fingerprint density at radius 2 is 2.04 bits per heavy atom. The van der Waals surface area contributed by atoms with E-state index in [4.69, 9.17) is 4.42 Å². The molecule has 0 unspecified atom stereocenters. The van der Waals surface area contributed by atoms with Gasteiger partial charge in [-0.15, -0.1) is 11.3 Å². The van der Waals surface area contributed by atoms with Crippen LogP contribution in [0.2, 0.25) is 0 Å². The number of amides is 1. The van der Waals surface area contributed by atoms with Crippen LogP contribution < -0.4 is 5.32 Å². The number of carbonyl (C=O) groups is 1. The molecule has 1 amide bonds. The Balaban J connectivity index is 1.52. The topological polar surface area (TPSA) is 45.5 Å². The minimum absolute atomic E-state index is 0.125. The Kier molecular flexibility index (Phi) is 5.32. The highest BCUT2D eigenvalue weighted by atomic mass is 32.1. The molecule has 1 saturated heterocycles. The Bertz CT molecular complexity index is 923. The molecule has 4 rings (SSSR count). The van der Waals surface area contributed by atoms with Gasteiger partial charge < -0.3 is 9.73 Å². The van der Waals surface area contributed by atoms with Gasteiger partial charge in [-0.1, -0.05) is 24.1 Å². The first-order chi connectivity index (χ1) is 13.1. The van der Waals surface area contributed by atoms with Gasteiger partial charge in [0.05, 0.1) is 6.04 Å². The van der Waals surface area contributed by atoms with Gasteiger partial charge in [0.2, 0.25) is 0 Å². The van der Waals surface area contributed by atoms with E-state index in [1.165, 1.54) is 29.7 Å². The molecule has 0 aliphatic carbocycles. The standard InChI is InChI=1S/C22H26N2O2S/c1-15-8-9-19-17(13-15)16(2)21(26-19)22(25)23-14-18(20-7-6-12-27-20)24-10-4-3-5-11-24/h6-9,12-13,18H,3-5,10-11,14H2,1-2H3,(H,23,25)/t18-/m0/s1. The second-order valence-corrected chi connectivity index (χ2v) is 8.37. The van der Waals surface area contributed by atoms with E-state index < -0.39 is 0 Å². The van der Waals surface area contributed by atoms with Crippen LogP contribution in [0.1, 0.15) is 51.9 Å². The summed E-state index contributed by atoms with van der Waals surface area (Å²) in [6.45, 7) is 6.81. The van der Waals surface area contributed by atoms with Crippen LogP contribution in [-0.2, 0) is 0 Å². The van der Waals surface area contributed by atoms with Crippen molar-refractivity contribution in [2.24, 2.45) is 0 Å². The highest BCUT2D eigenvalue weighted by molar-refractivity contribution is 7.10. The normalized spacial score (nSPS) is 16.5. The van der Waals surface area contributed by atoms with Crippen LogP contribution in [0.5, 0.6) is 0 Å². The largest absolute Gasteiger partial charge is 0.451 e. The summed E-state index contributed by atoms with van der Waals surface area (Å²) in [7, 11) is 0. The lowest BCUT2D eigenvalue weighted by molar-refractivity contribution is 0.0899. The molecule has 1 atom stereocenters. The predicted octanol–water partition coefficient (Wildman–Crippen LogP) is 5.07. The van der Waals surface area contributed by atoms with Crippen molar-refractivity contribution in [2.45, 2.75) is 39.2 Å². The Morgan fingerprint density at radius 1 is 1.22 bits per heavy atom. The lowest BCUT2D eigenvalue weighted by Crippen LogP contribution is -2.40. The van der Waals surface area contributed by atoms with Crippen molar-refractivity contribution in [3.05, 3.63) is 57.5 Å². The molecule has 1 aliphatic heterocycles. The zero-order valence-corrected chi connectivity index (χ0v) is 16.8. The monoisotopic (exact) mass is 382 g/mol. The first-order valence-electron chi connectivity index (χ1n) is 9.69. The van der Waals surface area contributed by atoms with E-state index in [0.29, 0.717) is 12.3 Å². The molecule has 3 heterocycles. The smallest absolute Gasteiger partial charge is 0.287 e. The van der Waals surface area contributed by atoms with E-state index in [2.05, 4.69) is 40.7 Å². The van der Waals surface area contributed by atoms with Gasteiger partial charge in [-0.05, 0) is 63.4 Å². The van der Waals surface area contributed by atoms with Crippen molar-refractivity contribution in [2.75, 3.05) is 19.6 Å². The third-order valence-electron chi connectivity index (χ3n) is 5.46. The van der Waals surface area contributed by atoms with E-state index in [0.717, 1.165) is 29.6 Å². The predicted molar refractivity (Wildman–Crippen MR) is 111 cm³/mol. The second kappa shape index (κ2) is 7.87. The number of furan rings is 1. The van der Waals surface area contributed by atoms with E-state index in [1.807, 2.05) is 19.1 Å². The third kappa shape index (κ3) is 3.80. The maximum absolute atomic E-state index is 12.9. The molecule has 1 N–H and O–H groups in total. The van der Waals surface area contributed by atoms with E-state index in [1.54, 1.807) is 11.3 Å². The molecule has 1 aliphatic rings. The average Bonchev–Trinajstić information content (AvgIpc) is 3.32. The fourth-order valence-electron chi connectivity index (χ4n) is 3.94. The number of rotatable bonds is 5. The van der Waals surface area contributed by atoms with Crippen LogP contribution in [0.3, 0.4) is 0 Å². The summed E-state index contributed by atoms with van der Waals surface area (Å²) in [6, 6.07) is 10.5. The lowest BCUT2D eigenvalue weighted by Gasteiger charge is -2.34. The average molecular weight is 383 g/mol. The van der Waals surface area contributed by atoms with Gasteiger partial charge in [-0.25, -0.2) is 0 Å². The Morgan fingerprint density at radius 3 is 2.78 bits per heavy atom. The quantitative estimate of drug-likeness (QED) is 0.670. The van der Waals surface area contributed by atoms with Crippen LogP contribution >= 0.6 is 11.3 Å². The van der Waals surface area contributed by atoms with Crippen molar-refractivity contribution in [3.63, 3.8) is 0 Å². The molecule has 1 fully saturated rings. The number of likely N-dealkylation sites (tertiary alicyclic amines) is 1. The maximum atomic E-state index is 12.9. The molecule has 0 radical (unpaired) electrons. The van der Waals surface area contributed by atoms with E-state index in [9.17, 15) is 4.79 Å². The molecule has 3 aromatic rings. The molecule has 0 saturated carbocycles. The number of nitrogens with one attached hydrogen (secondary N) is 1. The van der Waals surface area contributed by atoms with Gasteiger partial charge in [-0.3, -0.25) is 9.69 Å². The van der Waals surface area contributed by atoms with Crippen molar-refractivity contribution in [1.29, 1.82) is 0 Å². The number of carbonyl (C=O) groups excluding carboxylic acids is 1. The molecular formula is C22H26N2O2S. The van der Waals surface area contributed by atoms with Crippen LogP contribution in [0.4, 0.5) is 0 Å². The Hall–Kier alpha value is -2.11. The first-order valence-corrected chi connectivity index (χ1v) is 10.6. The maximum Gasteiger partial charge on any atom is 0.287 e. The zero-order chi connectivity index (χ0) is 18.8. The van der Waals surface area contributed by atoms with Gasteiger partial charge in [0.15, 0.2) is 5.76 Å². The zero-order valence-electron chi connectivity index (χ0n) is 16.0. The summed E-state index contributed by atoms with van der Waals surface area (Å²) < 4.78 is 5.86. The number of hydrogen-bond donors (Lipinski definition) is 1. The summed E-state index contributed by atoms with van der Waals surface area (Å²) in [5, 5.41) is 6.26. The fourth-order valence-corrected chi connectivity index (χ4v) is 4.80. The summed E-state index contributed by atoms with van der Waals surface area (Å²) in [5.41, 5.74) is 2.85. The number of aryl methyl sites for hydroxylation is 2. The SMILES string of the molecule is Cc1ccc2oc(C(=O)NC[C@@H](c3cccs3)N3CCCCC3)c(C)c2c1. The van der Waals surface area contributed by atoms with Crippen molar-refractivity contribution >= 4 is 28.2 Å². The van der Waals surface area contributed by atoms with Crippen molar-refractivity contribution in [1.82, 2.24) is 10.2 Å². The molecule has 1 aromatic carbocycles. The highest BCUT2D eigenvalue weighted by Crippen LogP contribution is 2.29. The molecule has 5 heteroatoms. The van der Waals surface area contributed by atoms with Crippen LogP contribution in [0.25, 0.3) is 11.0 Å². The Labute approximate surface area is 164 Å². The minimum atomic E-state index is -0.125. The molecule has 2 aromatic heterocycles. The van der Waals surface area contributed by atoms with Gasteiger partial charge in [0.25, 0.3) is 5.91 Å². The molecule has 4 nitrogen and oxygen atoms in total. The van der Waals surface area contributed by atoms with Gasteiger partial charge in [-0.2, -0.15) is 0 Å². The second-order valence-electron chi connectivity index (χ2n) is 7.39. The van der Waals surface area contributed by atoms with E-state index in [-0.39, 0.29) is 11.9 Å². The summed E-state index contributed by atoms with van der Waals surface area (Å²) in [4.78, 5) is 16.7. The molecule has 27 heavy (non-hydrogen) atoms. The van der Waals surface area contributed by atoms with Gasteiger partial charge in [0, 0.05) is 22.4 Å². The number of hydrogen-bond acceptors (Lipinski definition) is 4. The van der Waals surface area contributed by atoms with E-state index >= 15 is 0 Å². The van der Waals surface area contributed by atoms with Crippen LogP contribution in [-0.4, -0.2) is 30.4 Å². The summed E-state index contributed by atoms with van der Waals surface area (Å²) in [6.07, 6.45) is 3.77. The lowest BCUT2D eigenvalue weighted by atomic mass is 10.1. The number of piperidine rings is 1. The summed E-state index contributed by atoms with van der Waals surface area (Å²) in [5.74, 6) is 0.305. The molecule has 142 valence electrons. The van der Waals surface area contributed by atoms with Gasteiger partial charge >= 0.3 is 0 Å². The third-order valence-corrected chi connectivity index (χ3v) is 6.43. The van der Waals surface area contributed by atoms with Crippen LogP contribution in [0, 0.1) is 13.8 Å².